The van der Waals surface area contributed by atoms with Gasteiger partial charge in [-0.3, -0.25) is 0 Å². The molecule has 0 aliphatic heterocycles. The van der Waals surface area contributed by atoms with Crippen LogP contribution >= 0.6 is 24.0 Å². The Morgan fingerprint density at radius 3 is 1.86 bits per heavy atom. The van der Waals surface area contributed by atoms with Gasteiger partial charge in [-0.2, -0.15) is 0 Å². The minimum absolute atomic E-state index is 0.158. The lowest BCUT2D eigenvalue weighted by Gasteiger charge is -2.28. The summed E-state index contributed by atoms with van der Waals surface area (Å²) >= 11 is 6.97. The number of hydrogen-bond donors (Lipinski definition) is 1. The standard InChI is InChI=1S/C17H26O2S2/c1-16(2,3)12-8-11(15(20)19-10-21-7)9-13(14(12)18)17(4,5)6/h8-9,18H,10H2,1-7H3. The maximum atomic E-state index is 10.7. The molecule has 0 saturated heterocycles. The maximum absolute atomic E-state index is 10.7. The van der Waals surface area contributed by atoms with Crippen LogP contribution in [0.3, 0.4) is 0 Å². The van der Waals surface area contributed by atoms with E-state index in [0.29, 0.717) is 16.7 Å². The Morgan fingerprint density at radius 1 is 1.10 bits per heavy atom. The maximum Gasteiger partial charge on any atom is 0.192 e. The number of phenols is 1. The molecule has 21 heavy (non-hydrogen) atoms. The fraction of sp³-hybridized carbons (Fsp3) is 0.588. The predicted octanol–water partition coefficient (Wildman–Crippen LogP) is 5.00. The van der Waals surface area contributed by atoms with Gasteiger partial charge in [-0.25, -0.2) is 0 Å². The van der Waals surface area contributed by atoms with E-state index in [0.717, 1.165) is 16.7 Å². The normalized spacial score (nSPS) is 12.3. The molecule has 0 spiro atoms. The second-order valence-electron chi connectivity index (χ2n) is 7.26. The molecule has 2 nitrogen and oxygen atoms in total. The van der Waals surface area contributed by atoms with Gasteiger partial charge < -0.3 is 9.84 Å². The van der Waals surface area contributed by atoms with E-state index in [1.165, 1.54) is 0 Å². The van der Waals surface area contributed by atoms with Crippen LogP contribution in [0.4, 0.5) is 0 Å². The first-order valence-corrected chi connectivity index (χ1v) is 8.82. The van der Waals surface area contributed by atoms with Crippen molar-refractivity contribution < 1.29 is 9.84 Å². The van der Waals surface area contributed by atoms with Crippen molar-refractivity contribution in [3.8, 4) is 5.75 Å². The molecular weight excluding hydrogens is 300 g/mol. The average Bonchev–Trinajstić information content (AvgIpc) is 2.33. The SMILES string of the molecule is CSCOC(=S)c1cc(C(C)(C)C)c(O)c(C(C)(C)C)c1. The number of phenolic OH excluding ortho intramolecular Hbond substituents is 1. The van der Waals surface area contributed by atoms with Gasteiger partial charge in [-0.05, 0) is 41.4 Å². The molecule has 0 aliphatic carbocycles. The molecule has 118 valence electrons. The van der Waals surface area contributed by atoms with Crippen molar-refractivity contribution in [2.45, 2.75) is 52.4 Å². The molecule has 0 heterocycles. The van der Waals surface area contributed by atoms with E-state index in [1.807, 2.05) is 18.4 Å². The zero-order valence-electron chi connectivity index (χ0n) is 14.0. The van der Waals surface area contributed by atoms with Gasteiger partial charge in [-0.15, -0.1) is 11.8 Å². The lowest BCUT2D eigenvalue weighted by molar-refractivity contribution is 0.392. The number of benzene rings is 1. The zero-order valence-corrected chi connectivity index (χ0v) is 15.7. The first kappa shape index (κ1) is 18.3. The van der Waals surface area contributed by atoms with E-state index in [1.54, 1.807) is 11.8 Å². The molecule has 1 rings (SSSR count). The lowest BCUT2D eigenvalue weighted by Crippen LogP contribution is -2.19. The molecule has 1 aromatic carbocycles. The Balaban J connectivity index is 3.44. The summed E-state index contributed by atoms with van der Waals surface area (Å²) in [6.07, 6.45) is 1.97. The van der Waals surface area contributed by atoms with Crippen LogP contribution in [-0.2, 0) is 15.6 Å². The highest BCUT2D eigenvalue weighted by atomic mass is 32.2. The molecule has 0 unspecified atom stereocenters. The highest BCUT2D eigenvalue weighted by molar-refractivity contribution is 7.98. The summed E-state index contributed by atoms with van der Waals surface area (Å²) < 4.78 is 5.57. The van der Waals surface area contributed by atoms with Crippen LogP contribution in [0.15, 0.2) is 12.1 Å². The number of ether oxygens (including phenoxy) is 1. The molecule has 0 aromatic heterocycles. The van der Waals surface area contributed by atoms with Crippen molar-refractivity contribution in [3.05, 3.63) is 28.8 Å². The van der Waals surface area contributed by atoms with Crippen molar-refractivity contribution in [2.75, 3.05) is 12.2 Å². The number of thiocarbonyl (C=S) groups is 1. The number of aromatic hydroxyl groups is 1. The van der Waals surface area contributed by atoms with E-state index in [2.05, 4.69) is 41.5 Å². The van der Waals surface area contributed by atoms with Crippen LogP contribution in [0.1, 0.15) is 58.2 Å². The summed E-state index contributed by atoms with van der Waals surface area (Å²) in [5.74, 6) is 0.904. The summed E-state index contributed by atoms with van der Waals surface area (Å²) in [5.41, 5.74) is 2.36. The molecule has 0 fully saturated rings. The predicted molar refractivity (Wildman–Crippen MR) is 96.7 cm³/mol. The van der Waals surface area contributed by atoms with Gasteiger partial charge >= 0.3 is 0 Å². The zero-order chi connectivity index (χ0) is 16.4. The van der Waals surface area contributed by atoms with Crippen molar-refractivity contribution in [1.29, 1.82) is 0 Å². The second kappa shape index (κ2) is 6.57. The van der Waals surface area contributed by atoms with Crippen LogP contribution in [0.5, 0.6) is 5.75 Å². The summed E-state index contributed by atoms with van der Waals surface area (Å²) in [6, 6.07) is 3.90. The molecule has 0 saturated carbocycles. The fourth-order valence-electron chi connectivity index (χ4n) is 2.09. The van der Waals surface area contributed by atoms with Crippen LogP contribution in [-0.4, -0.2) is 22.4 Å². The van der Waals surface area contributed by atoms with Crippen LogP contribution in [0.2, 0.25) is 0 Å². The third-order valence-corrected chi connectivity index (χ3v) is 3.98. The number of hydrogen-bond acceptors (Lipinski definition) is 4. The van der Waals surface area contributed by atoms with E-state index >= 15 is 0 Å². The third kappa shape index (κ3) is 4.62. The molecular formula is C17H26O2S2. The molecule has 1 N–H and O–H groups in total. The van der Waals surface area contributed by atoms with Gasteiger partial charge in [0.05, 0.1) is 0 Å². The fourth-order valence-corrected chi connectivity index (χ4v) is 2.58. The van der Waals surface area contributed by atoms with Crippen molar-refractivity contribution >= 4 is 29.0 Å². The van der Waals surface area contributed by atoms with E-state index in [-0.39, 0.29) is 10.8 Å². The first-order valence-electron chi connectivity index (χ1n) is 7.02. The molecule has 4 heteroatoms. The molecule has 0 amide bonds. The highest BCUT2D eigenvalue weighted by Gasteiger charge is 2.27. The molecule has 0 bridgehead atoms. The quantitative estimate of drug-likeness (QED) is 0.625. The summed E-state index contributed by atoms with van der Waals surface area (Å²) in [7, 11) is 0. The Labute approximate surface area is 138 Å². The van der Waals surface area contributed by atoms with Crippen LogP contribution in [0, 0.1) is 0 Å². The topological polar surface area (TPSA) is 29.5 Å². The van der Waals surface area contributed by atoms with Gasteiger partial charge in [0, 0.05) is 16.7 Å². The summed E-state index contributed by atoms with van der Waals surface area (Å²) in [5, 5.41) is 11.1. The minimum atomic E-state index is -0.158. The van der Waals surface area contributed by atoms with Crippen molar-refractivity contribution in [2.24, 2.45) is 0 Å². The summed E-state index contributed by atoms with van der Waals surface area (Å²) in [4.78, 5) is 0. The third-order valence-electron chi connectivity index (χ3n) is 3.27. The molecule has 0 radical (unpaired) electrons. The molecule has 1 aromatic rings. The smallest absolute Gasteiger partial charge is 0.192 e. The Morgan fingerprint density at radius 2 is 1.52 bits per heavy atom. The van der Waals surface area contributed by atoms with Crippen molar-refractivity contribution in [3.63, 3.8) is 0 Å². The Kier molecular flexibility index (Phi) is 5.73. The number of rotatable bonds is 3. The van der Waals surface area contributed by atoms with Crippen molar-refractivity contribution in [1.82, 2.24) is 0 Å². The van der Waals surface area contributed by atoms with E-state index in [9.17, 15) is 5.11 Å². The number of thioether (sulfide) groups is 1. The lowest BCUT2D eigenvalue weighted by atomic mass is 9.78. The van der Waals surface area contributed by atoms with Crippen LogP contribution < -0.4 is 0 Å². The van der Waals surface area contributed by atoms with E-state index < -0.39 is 0 Å². The molecule has 0 aliphatic rings. The van der Waals surface area contributed by atoms with Gasteiger partial charge in [-0.1, -0.05) is 41.5 Å². The largest absolute Gasteiger partial charge is 0.507 e. The average molecular weight is 327 g/mol. The Bertz CT molecular complexity index is 488. The van der Waals surface area contributed by atoms with E-state index in [4.69, 9.17) is 17.0 Å². The van der Waals surface area contributed by atoms with Gasteiger partial charge in [0.25, 0.3) is 0 Å². The Hall–Kier alpha value is -0.740. The van der Waals surface area contributed by atoms with Gasteiger partial charge in [0.2, 0.25) is 0 Å². The first-order chi connectivity index (χ1) is 9.48. The van der Waals surface area contributed by atoms with Crippen LogP contribution in [0.25, 0.3) is 0 Å². The van der Waals surface area contributed by atoms with Gasteiger partial charge in [0.15, 0.2) is 5.05 Å². The highest BCUT2D eigenvalue weighted by Crippen LogP contribution is 2.39. The van der Waals surface area contributed by atoms with Gasteiger partial charge in [0.1, 0.15) is 11.7 Å². The molecule has 0 atom stereocenters. The monoisotopic (exact) mass is 326 g/mol. The summed E-state index contributed by atoms with van der Waals surface area (Å²) in [6.45, 7) is 12.5. The second-order valence-corrected chi connectivity index (χ2v) is 8.44. The minimum Gasteiger partial charge on any atom is -0.507 e.